The minimum absolute atomic E-state index is 0.0340. The number of carbonyl (C=O) groups is 1. The van der Waals surface area contributed by atoms with E-state index < -0.39 is 11.7 Å². The second-order valence-corrected chi connectivity index (χ2v) is 7.39. The van der Waals surface area contributed by atoms with Gasteiger partial charge in [-0.2, -0.15) is 18.3 Å². The maximum Gasteiger partial charge on any atom is 0.416 e. The first-order chi connectivity index (χ1) is 14.7. The van der Waals surface area contributed by atoms with Gasteiger partial charge >= 0.3 is 6.18 Å². The minimum Gasteiger partial charge on any atom is -0.496 e. The summed E-state index contributed by atoms with van der Waals surface area (Å²) in [7, 11) is 1.51. The maximum absolute atomic E-state index is 13.1. The van der Waals surface area contributed by atoms with E-state index in [4.69, 9.17) is 9.47 Å². The first-order valence-corrected chi connectivity index (χ1v) is 9.56. The molecule has 1 aliphatic rings. The Morgan fingerprint density at radius 3 is 2.74 bits per heavy atom. The summed E-state index contributed by atoms with van der Waals surface area (Å²) in [5, 5.41) is 9.54. The fourth-order valence-electron chi connectivity index (χ4n) is 3.69. The van der Waals surface area contributed by atoms with E-state index in [1.165, 1.54) is 7.11 Å². The molecule has 162 valence electrons. The van der Waals surface area contributed by atoms with E-state index >= 15 is 0 Å². The van der Waals surface area contributed by atoms with Gasteiger partial charge in [0.1, 0.15) is 18.1 Å². The number of nitrogens with one attached hydrogen (secondary N) is 2. The number of alkyl halides is 3. The van der Waals surface area contributed by atoms with Crippen molar-refractivity contribution in [3.05, 3.63) is 70.4 Å². The third-order valence-electron chi connectivity index (χ3n) is 5.18. The molecule has 1 unspecified atom stereocenters. The highest BCUT2D eigenvalue weighted by molar-refractivity contribution is 5.94. The topological polar surface area (TPSA) is 76.2 Å². The van der Waals surface area contributed by atoms with E-state index in [1.54, 1.807) is 25.3 Å². The zero-order valence-electron chi connectivity index (χ0n) is 16.8. The van der Waals surface area contributed by atoms with Crippen molar-refractivity contribution in [3.8, 4) is 11.5 Å². The number of halogens is 3. The molecule has 2 heterocycles. The van der Waals surface area contributed by atoms with Crippen LogP contribution in [0.3, 0.4) is 0 Å². The molecule has 0 spiro atoms. The van der Waals surface area contributed by atoms with Crippen molar-refractivity contribution >= 4 is 11.7 Å². The van der Waals surface area contributed by atoms with Crippen molar-refractivity contribution in [1.82, 2.24) is 10.2 Å². The Hall–Kier alpha value is -3.49. The van der Waals surface area contributed by atoms with Crippen molar-refractivity contribution in [1.29, 1.82) is 0 Å². The molecule has 1 atom stereocenters. The molecule has 1 aliphatic heterocycles. The van der Waals surface area contributed by atoms with Gasteiger partial charge in [0.05, 0.1) is 12.7 Å². The van der Waals surface area contributed by atoms with Crippen LogP contribution in [0.4, 0.5) is 19.0 Å². The van der Waals surface area contributed by atoms with Gasteiger partial charge < -0.3 is 14.8 Å². The quantitative estimate of drug-likeness (QED) is 0.609. The molecule has 1 amide bonds. The smallest absolute Gasteiger partial charge is 0.416 e. The zero-order chi connectivity index (χ0) is 22.2. The predicted molar refractivity (Wildman–Crippen MR) is 107 cm³/mol. The Morgan fingerprint density at radius 2 is 2.00 bits per heavy atom. The number of anilines is 1. The molecule has 31 heavy (non-hydrogen) atoms. The van der Waals surface area contributed by atoms with E-state index in [-0.39, 0.29) is 30.6 Å². The Balaban J connectivity index is 1.57. The highest BCUT2D eigenvalue weighted by Crippen LogP contribution is 2.38. The van der Waals surface area contributed by atoms with Gasteiger partial charge in [0, 0.05) is 29.7 Å². The summed E-state index contributed by atoms with van der Waals surface area (Å²) in [6.45, 7) is 1.62. The number of hydrogen-bond donors (Lipinski definition) is 2. The number of carbonyl (C=O) groups excluding carboxylic acids is 1. The number of nitrogens with zero attached hydrogens (tertiary/aromatic N) is 1. The molecular formula is C22H20F3N3O3. The first kappa shape index (κ1) is 20.8. The van der Waals surface area contributed by atoms with Crippen LogP contribution in [0.2, 0.25) is 0 Å². The largest absolute Gasteiger partial charge is 0.496 e. The van der Waals surface area contributed by atoms with Crippen LogP contribution < -0.4 is 14.8 Å². The average molecular weight is 431 g/mol. The normalized spacial score (nSPS) is 15.9. The van der Waals surface area contributed by atoms with Gasteiger partial charge in [-0.3, -0.25) is 9.89 Å². The molecule has 2 N–H and O–H groups in total. The molecule has 0 radical (unpaired) electrons. The zero-order valence-corrected chi connectivity index (χ0v) is 16.8. The van der Waals surface area contributed by atoms with Crippen LogP contribution in [-0.4, -0.2) is 23.2 Å². The number of aromatic nitrogens is 2. The number of aryl methyl sites for hydroxylation is 1. The summed E-state index contributed by atoms with van der Waals surface area (Å²) < 4.78 is 50.3. The van der Waals surface area contributed by atoms with Gasteiger partial charge in [0.25, 0.3) is 0 Å². The number of amides is 1. The van der Waals surface area contributed by atoms with Crippen molar-refractivity contribution in [2.24, 2.45) is 0 Å². The Morgan fingerprint density at radius 1 is 1.19 bits per heavy atom. The van der Waals surface area contributed by atoms with Gasteiger partial charge in [0.2, 0.25) is 5.91 Å². The third kappa shape index (κ3) is 4.35. The van der Waals surface area contributed by atoms with Crippen LogP contribution in [0.5, 0.6) is 11.5 Å². The van der Waals surface area contributed by atoms with E-state index in [9.17, 15) is 18.0 Å². The molecule has 0 bridgehead atoms. The lowest BCUT2D eigenvalue weighted by Crippen LogP contribution is -2.23. The fourth-order valence-corrected chi connectivity index (χ4v) is 3.69. The molecule has 9 heteroatoms. The lowest BCUT2D eigenvalue weighted by Gasteiger charge is -2.23. The molecule has 3 aromatic rings. The molecule has 0 fully saturated rings. The number of hydrogen-bond acceptors (Lipinski definition) is 4. The average Bonchev–Trinajstić information content (AvgIpc) is 3.19. The van der Waals surface area contributed by atoms with Crippen molar-refractivity contribution in [3.63, 3.8) is 0 Å². The second kappa shape index (κ2) is 7.98. The van der Waals surface area contributed by atoms with Crippen LogP contribution in [0.25, 0.3) is 0 Å². The number of ether oxygens (including phenoxy) is 2. The van der Waals surface area contributed by atoms with Crippen molar-refractivity contribution in [2.75, 3.05) is 12.4 Å². The van der Waals surface area contributed by atoms with Crippen molar-refractivity contribution < 1.29 is 27.4 Å². The molecule has 0 saturated carbocycles. The number of benzene rings is 2. The van der Waals surface area contributed by atoms with E-state index in [2.05, 4.69) is 15.5 Å². The summed E-state index contributed by atoms with van der Waals surface area (Å²) in [6, 6.07) is 9.08. The van der Waals surface area contributed by atoms with E-state index in [0.717, 1.165) is 23.3 Å². The summed E-state index contributed by atoms with van der Waals surface area (Å²) in [4.78, 5) is 12.0. The van der Waals surface area contributed by atoms with Gasteiger partial charge in [0.15, 0.2) is 5.82 Å². The number of aromatic amines is 1. The standard InChI is InChI=1S/C22H20F3N3O3/c1-12-5-15(22(23,24)25)8-16(6-12)31-11-14-4-3-13(7-19(14)30-2)17-9-20(29)27-21-18(17)10-26-28-21/h3-8,10,17H,9,11H2,1-2H3,(H2,26,27,28,29). The van der Waals surface area contributed by atoms with Gasteiger partial charge in [-0.1, -0.05) is 12.1 Å². The Labute approximate surface area is 176 Å². The molecule has 1 aromatic heterocycles. The van der Waals surface area contributed by atoms with E-state index in [0.29, 0.717) is 22.7 Å². The summed E-state index contributed by atoms with van der Waals surface area (Å²) in [5.41, 5.74) is 2.13. The third-order valence-corrected chi connectivity index (χ3v) is 5.18. The maximum atomic E-state index is 13.1. The van der Waals surface area contributed by atoms with Crippen LogP contribution in [-0.2, 0) is 17.6 Å². The highest BCUT2D eigenvalue weighted by atomic mass is 19.4. The van der Waals surface area contributed by atoms with Gasteiger partial charge in [-0.15, -0.1) is 0 Å². The monoisotopic (exact) mass is 431 g/mol. The lowest BCUT2D eigenvalue weighted by molar-refractivity contribution is -0.137. The van der Waals surface area contributed by atoms with Crippen LogP contribution >= 0.6 is 0 Å². The molecular weight excluding hydrogens is 411 g/mol. The summed E-state index contributed by atoms with van der Waals surface area (Å²) >= 11 is 0. The Kier molecular flexibility index (Phi) is 5.34. The van der Waals surface area contributed by atoms with E-state index in [1.807, 2.05) is 12.1 Å². The molecule has 4 rings (SSSR count). The summed E-state index contributed by atoms with van der Waals surface area (Å²) in [6.07, 6.45) is -2.42. The molecule has 0 saturated heterocycles. The van der Waals surface area contributed by atoms with Gasteiger partial charge in [-0.25, -0.2) is 0 Å². The number of methoxy groups -OCH3 is 1. The van der Waals surface area contributed by atoms with Crippen LogP contribution in [0.15, 0.2) is 42.6 Å². The molecule has 0 aliphatic carbocycles. The number of H-pyrrole nitrogens is 1. The highest BCUT2D eigenvalue weighted by Gasteiger charge is 2.31. The predicted octanol–water partition coefficient (Wildman–Crippen LogP) is 4.80. The number of fused-ring (bicyclic) bond motifs is 1. The van der Waals surface area contributed by atoms with Crippen LogP contribution in [0, 0.1) is 6.92 Å². The Bertz CT molecular complexity index is 1120. The molecule has 2 aromatic carbocycles. The fraction of sp³-hybridized carbons (Fsp3) is 0.273. The SMILES string of the molecule is COc1cc(C2CC(=O)Nc3n[nH]cc32)ccc1COc1cc(C)cc(C(F)(F)F)c1. The first-order valence-electron chi connectivity index (χ1n) is 9.56. The summed E-state index contributed by atoms with van der Waals surface area (Å²) in [5.74, 6) is 0.851. The lowest BCUT2D eigenvalue weighted by atomic mass is 9.87. The molecule has 6 nitrogen and oxygen atoms in total. The van der Waals surface area contributed by atoms with Crippen LogP contribution in [0.1, 0.15) is 40.2 Å². The van der Waals surface area contributed by atoms with Crippen molar-refractivity contribution in [2.45, 2.75) is 32.0 Å². The van der Waals surface area contributed by atoms with Gasteiger partial charge in [-0.05, 0) is 42.3 Å². The number of rotatable bonds is 5. The second-order valence-electron chi connectivity index (χ2n) is 7.39. The minimum atomic E-state index is -4.44.